The van der Waals surface area contributed by atoms with Crippen molar-refractivity contribution < 1.29 is 9.72 Å². The lowest BCUT2D eigenvalue weighted by Crippen LogP contribution is -2.28. The summed E-state index contributed by atoms with van der Waals surface area (Å²) in [4.78, 5) is 22.3. The number of H-pyrrole nitrogens is 1. The molecule has 1 heterocycles. The van der Waals surface area contributed by atoms with Crippen molar-refractivity contribution in [1.82, 2.24) is 15.5 Å². The first kappa shape index (κ1) is 15.2. The van der Waals surface area contributed by atoms with Gasteiger partial charge in [0.05, 0.1) is 6.04 Å². The average Bonchev–Trinajstić information content (AvgIpc) is 2.87. The molecule has 0 saturated carbocycles. The zero-order chi connectivity index (χ0) is 15.4. The predicted molar refractivity (Wildman–Crippen MR) is 79.9 cm³/mol. The molecule has 0 fully saturated rings. The van der Waals surface area contributed by atoms with E-state index in [1.165, 1.54) is 0 Å². The zero-order valence-electron chi connectivity index (χ0n) is 11.2. The molecule has 0 aliphatic carbocycles. The molecule has 0 bridgehead atoms. The van der Waals surface area contributed by atoms with Crippen molar-refractivity contribution in [1.29, 1.82) is 0 Å². The Labute approximate surface area is 129 Å². The van der Waals surface area contributed by atoms with Gasteiger partial charge >= 0.3 is 5.82 Å². The van der Waals surface area contributed by atoms with Gasteiger partial charge in [0.15, 0.2) is 5.69 Å². The number of nitrogens with zero attached hydrogens (tertiary/aromatic N) is 2. The molecule has 1 aromatic heterocycles. The summed E-state index contributed by atoms with van der Waals surface area (Å²) < 4.78 is 0.0490. The average molecular weight is 353 g/mol. The van der Waals surface area contributed by atoms with Crippen LogP contribution in [0.3, 0.4) is 0 Å². The molecule has 21 heavy (non-hydrogen) atoms. The number of nitrogens with one attached hydrogen (secondary N) is 2. The van der Waals surface area contributed by atoms with Gasteiger partial charge < -0.3 is 15.4 Å². The Morgan fingerprint density at radius 1 is 1.48 bits per heavy atom. The van der Waals surface area contributed by atoms with Crippen LogP contribution in [0.1, 0.15) is 35.4 Å². The molecular weight excluding hydrogens is 340 g/mol. The number of aromatic amines is 1. The number of hydrogen-bond donors (Lipinski definition) is 2. The first-order valence-corrected chi connectivity index (χ1v) is 7.08. The highest BCUT2D eigenvalue weighted by atomic mass is 79.9. The van der Waals surface area contributed by atoms with E-state index in [0.29, 0.717) is 6.42 Å². The lowest BCUT2D eigenvalue weighted by Gasteiger charge is -2.16. The van der Waals surface area contributed by atoms with E-state index in [1.54, 1.807) is 0 Å². The maximum absolute atomic E-state index is 12.2. The minimum absolute atomic E-state index is 0.0314. The normalized spacial score (nSPS) is 11.9. The first-order chi connectivity index (χ1) is 10.0. The van der Waals surface area contributed by atoms with Crippen molar-refractivity contribution in [2.45, 2.75) is 19.4 Å². The SMILES string of the molecule is CCC(NC(=O)c1n[nH]c([N+](=O)[O-])c1Br)c1ccccc1. The van der Waals surface area contributed by atoms with Crippen LogP contribution in [0.15, 0.2) is 34.8 Å². The minimum atomic E-state index is -0.637. The molecule has 0 saturated heterocycles. The van der Waals surface area contributed by atoms with Gasteiger partial charge in [-0.3, -0.25) is 4.79 Å². The number of amides is 1. The van der Waals surface area contributed by atoms with E-state index in [0.717, 1.165) is 5.56 Å². The number of benzene rings is 1. The molecule has 8 heteroatoms. The largest absolute Gasteiger partial charge is 0.358 e. The molecule has 1 aromatic carbocycles. The van der Waals surface area contributed by atoms with Crippen LogP contribution in [0.2, 0.25) is 0 Å². The van der Waals surface area contributed by atoms with Crippen LogP contribution in [-0.2, 0) is 0 Å². The van der Waals surface area contributed by atoms with E-state index < -0.39 is 10.8 Å². The molecule has 7 nitrogen and oxygen atoms in total. The Balaban J connectivity index is 2.19. The fourth-order valence-electron chi connectivity index (χ4n) is 1.92. The van der Waals surface area contributed by atoms with Crippen molar-refractivity contribution in [2.24, 2.45) is 0 Å². The van der Waals surface area contributed by atoms with Gasteiger partial charge in [0.2, 0.25) is 0 Å². The van der Waals surface area contributed by atoms with E-state index in [2.05, 4.69) is 31.4 Å². The highest BCUT2D eigenvalue weighted by Gasteiger charge is 2.26. The molecule has 2 rings (SSSR count). The molecule has 1 unspecified atom stereocenters. The Morgan fingerprint density at radius 2 is 2.14 bits per heavy atom. The molecule has 110 valence electrons. The van der Waals surface area contributed by atoms with Crippen molar-refractivity contribution in [3.05, 3.63) is 56.2 Å². The van der Waals surface area contributed by atoms with E-state index >= 15 is 0 Å². The van der Waals surface area contributed by atoms with Gasteiger partial charge in [-0.15, -0.1) is 5.10 Å². The van der Waals surface area contributed by atoms with Crippen LogP contribution in [-0.4, -0.2) is 21.0 Å². The summed E-state index contributed by atoms with van der Waals surface area (Å²) in [5.74, 6) is -0.810. The molecule has 0 aliphatic heterocycles. The highest BCUT2D eigenvalue weighted by Crippen LogP contribution is 2.26. The summed E-state index contributed by atoms with van der Waals surface area (Å²) in [6, 6.07) is 9.32. The lowest BCUT2D eigenvalue weighted by atomic mass is 10.0. The zero-order valence-corrected chi connectivity index (χ0v) is 12.8. The third-order valence-corrected chi connectivity index (χ3v) is 3.75. The summed E-state index contributed by atoms with van der Waals surface area (Å²) in [6.07, 6.45) is 0.694. The second kappa shape index (κ2) is 6.49. The molecule has 1 amide bonds. The van der Waals surface area contributed by atoms with Crippen LogP contribution in [0.5, 0.6) is 0 Å². The molecule has 2 aromatic rings. The number of aromatic nitrogens is 2. The van der Waals surface area contributed by atoms with E-state index in [4.69, 9.17) is 0 Å². The quantitative estimate of drug-likeness (QED) is 0.637. The number of hydrogen-bond acceptors (Lipinski definition) is 4. The van der Waals surface area contributed by atoms with Crippen molar-refractivity contribution in [2.75, 3.05) is 0 Å². The second-order valence-electron chi connectivity index (χ2n) is 4.34. The lowest BCUT2D eigenvalue weighted by molar-refractivity contribution is -0.390. The van der Waals surface area contributed by atoms with Crippen LogP contribution in [0.4, 0.5) is 5.82 Å². The molecule has 0 aliphatic rings. The Bertz CT molecular complexity index is 657. The summed E-state index contributed by atoms with van der Waals surface area (Å²) in [5, 5.41) is 19.5. The Kier molecular flexibility index (Phi) is 4.69. The predicted octanol–water partition coefficient (Wildman–Crippen LogP) is 2.96. The third-order valence-electron chi connectivity index (χ3n) is 3.00. The minimum Gasteiger partial charge on any atom is -0.358 e. The number of rotatable bonds is 5. The molecule has 1 atom stereocenters. The summed E-state index contributed by atoms with van der Waals surface area (Å²) in [7, 11) is 0. The fourth-order valence-corrected chi connectivity index (χ4v) is 2.43. The second-order valence-corrected chi connectivity index (χ2v) is 5.13. The molecule has 2 N–H and O–H groups in total. The number of halogens is 1. The maximum atomic E-state index is 12.2. The molecular formula is C13H13BrN4O3. The van der Waals surface area contributed by atoms with Crippen LogP contribution in [0.25, 0.3) is 0 Å². The Morgan fingerprint density at radius 3 is 2.67 bits per heavy atom. The van der Waals surface area contributed by atoms with E-state index in [-0.39, 0.29) is 22.0 Å². The summed E-state index contributed by atoms with van der Waals surface area (Å²) >= 11 is 3.02. The van der Waals surface area contributed by atoms with E-state index in [1.807, 2.05) is 37.3 Å². The van der Waals surface area contributed by atoms with Gasteiger partial charge in [-0.2, -0.15) is 0 Å². The van der Waals surface area contributed by atoms with Crippen LogP contribution < -0.4 is 5.32 Å². The van der Waals surface area contributed by atoms with Gasteiger partial charge in [-0.25, -0.2) is 0 Å². The topological polar surface area (TPSA) is 101 Å². The van der Waals surface area contributed by atoms with E-state index in [9.17, 15) is 14.9 Å². The maximum Gasteiger partial charge on any atom is 0.357 e. The van der Waals surface area contributed by atoms with Gasteiger partial charge in [-0.05, 0) is 32.8 Å². The monoisotopic (exact) mass is 352 g/mol. The number of nitro groups is 1. The molecule has 0 radical (unpaired) electrons. The Hall–Kier alpha value is -2.22. The standard InChI is InChI=1S/C13H13BrN4O3/c1-2-9(8-6-4-3-5-7-8)15-13(19)11-10(14)12(17-16-11)18(20)21/h3-7,9H,2H2,1H3,(H,15,19)(H,16,17). The third kappa shape index (κ3) is 3.27. The van der Waals surface area contributed by atoms with Gasteiger partial charge in [0.25, 0.3) is 5.91 Å². The smallest absolute Gasteiger partial charge is 0.357 e. The van der Waals surface area contributed by atoms with Gasteiger partial charge in [-0.1, -0.05) is 42.4 Å². The first-order valence-electron chi connectivity index (χ1n) is 6.28. The van der Waals surface area contributed by atoms with Crippen LogP contribution >= 0.6 is 15.9 Å². The number of carbonyl (C=O) groups excluding carboxylic acids is 1. The fraction of sp³-hybridized carbons (Fsp3) is 0.231. The van der Waals surface area contributed by atoms with Gasteiger partial charge in [0, 0.05) is 0 Å². The van der Waals surface area contributed by atoms with Crippen molar-refractivity contribution >= 4 is 27.7 Å². The van der Waals surface area contributed by atoms with Crippen molar-refractivity contribution in [3.63, 3.8) is 0 Å². The van der Waals surface area contributed by atoms with Crippen LogP contribution in [0, 0.1) is 10.1 Å². The van der Waals surface area contributed by atoms with Gasteiger partial charge in [0.1, 0.15) is 4.47 Å². The molecule has 0 spiro atoms. The summed E-state index contributed by atoms with van der Waals surface area (Å²) in [5.41, 5.74) is 0.936. The van der Waals surface area contributed by atoms with Crippen molar-refractivity contribution in [3.8, 4) is 0 Å². The number of carbonyl (C=O) groups is 1. The highest BCUT2D eigenvalue weighted by molar-refractivity contribution is 9.10. The summed E-state index contributed by atoms with van der Waals surface area (Å²) in [6.45, 7) is 1.94.